The summed E-state index contributed by atoms with van der Waals surface area (Å²) < 4.78 is 43.5. The summed E-state index contributed by atoms with van der Waals surface area (Å²) in [6.07, 6.45) is 5.02. The molecule has 33 heavy (non-hydrogen) atoms. The number of hydrogen-bond acceptors (Lipinski definition) is 4. The van der Waals surface area contributed by atoms with Crippen molar-refractivity contribution >= 4 is 17.6 Å². The Hall–Kier alpha value is -3.15. The Morgan fingerprint density at radius 3 is 2.58 bits per heavy atom. The Balaban J connectivity index is 1.62. The number of alkyl halides is 2. The van der Waals surface area contributed by atoms with Gasteiger partial charge in [-0.15, -0.1) is 0 Å². The first kappa shape index (κ1) is 24.5. The topological polar surface area (TPSA) is 44.8 Å². The molecule has 2 aromatic rings. The first-order chi connectivity index (χ1) is 15.8. The van der Waals surface area contributed by atoms with Gasteiger partial charge in [-0.1, -0.05) is 24.8 Å². The number of carbonyl (C=O) groups excluding carboxylic acids is 1. The number of esters is 1. The monoisotopic (exact) mass is 456 g/mol. The molecule has 0 atom stereocenters. The van der Waals surface area contributed by atoms with Crippen molar-refractivity contribution in [1.82, 2.24) is 0 Å². The van der Waals surface area contributed by atoms with E-state index in [0.29, 0.717) is 5.75 Å². The molecule has 3 rings (SSSR count). The minimum atomic E-state index is -2.97. The van der Waals surface area contributed by atoms with Gasteiger partial charge in [0, 0.05) is 18.9 Å². The number of halogens is 2. The summed E-state index contributed by atoms with van der Waals surface area (Å²) in [5.41, 5.74) is 5.93. The van der Waals surface area contributed by atoms with Gasteiger partial charge < -0.3 is 14.2 Å². The van der Waals surface area contributed by atoms with Crippen LogP contribution < -0.4 is 9.47 Å². The summed E-state index contributed by atoms with van der Waals surface area (Å²) >= 11 is 0. The molecule has 0 saturated carbocycles. The molecule has 0 aliphatic heterocycles. The molecular formula is C27H30F2O4. The van der Waals surface area contributed by atoms with Crippen LogP contribution in [0.2, 0.25) is 0 Å². The van der Waals surface area contributed by atoms with E-state index in [9.17, 15) is 13.6 Å². The van der Waals surface area contributed by atoms with E-state index in [-0.39, 0.29) is 13.2 Å². The summed E-state index contributed by atoms with van der Waals surface area (Å²) in [5.74, 6) is -2.25. The van der Waals surface area contributed by atoms with E-state index in [0.717, 1.165) is 42.2 Å². The van der Waals surface area contributed by atoms with E-state index in [1.54, 1.807) is 7.11 Å². The molecule has 0 radical (unpaired) electrons. The summed E-state index contributed by atoms with van der Waals surface area (Å²) in [4.78, 5) is 11.0. The molecule has 176 valence electrons. The number of allylic oxidation sites excluding steroid dienone is 1. The maximum Gasteiger partial charge on any atom is 0.330 e. The van der Waals surface area contributed by atoms with Gasteiger partial charge in [0.05, 0.1) is 20.3 Å². The number of methoxy groups -OCH3 is 1. The molecule has 4 nitrogen and oxygen atoms in total. The maximum absolute atomic E-state index is 14.0. The van der Waals surface area contributed by atoms with E-state index in [1.165, 1.54) is 16.7 Å². The summed E-state index contributed by atoms with van der Waals surface area (Å²) in [5, 5.41) is 0. The first-order valence-electron chi connectivity index (χ1n) is 11.1. The van der Waals surface area contributed by atoms with Crippen LogP contribution in [0.25, 0.3) is 11.6 Å². The number of carbonyl (C=O) groups is 1. The minimum Gasteiger partial charge on any atom is -0.497 e. The van der Waals surface area contributed by atoms with Gasteiger partial charge in [0.1, 0.15) is 11.5 Å². The largest absolute Gasteiger partial charge is 0.497 e. The Morgan fingerprint density at radius 1 is 1.09 bits per heavy atom. The van der Waals surface area contributed by atoms with Crippen molar-refractivity contribution in [2.45, 2.75) is 45.0 Å². The molecule has 0 fully saturated rings. The minimum absolute atomic E-state index is 0.118. The molecule has 1 aliphatic rings. The predicted molar refractivity (Wildman–Crippen MR) is 126 cm³/mol. The van der Waals surface area contributed by atoms with Crippen molar-refractivity contribution in [1.29, 1.82) is 0 Å². The Bertz CT molecular complexity index is 1030. The SMILES string of the molecule is C=CC(=O)OCCC(F)(F)CCOc1ccc2c(c1)CCCC(c1ccc(OC)cc1C)=C2. The van der Waals surface area contributed by atoms with Crippen molar-refractivity contribution in [3.8, 4) is 11.5 Å². The van der Waals surface area contributed by atoms with Crippen molar-refractivity contribution < 1.29 is 27.8 Å². The van der Waals surface area contributed by atoms with Gasteiger partial charge in [0.15, 0.2) is 0 Å². The van der Waals surface area contributed by atoms with Gasteiger partial charge in [-0.05, 0) is 78.3 Å². The van der Waals surface area contributed by atoms with Crippen LogP contribution in [-0.4, -0.2) is 32.2 Å². The highest BCUT2D eigenvalue weighted by Crippen LogP contribution is 2.34. The smallest absolute Gasteiger partial charge is 0.330 e. The fourth-order valence-corrected chi connectivity index (χ4v) is 3.90. The Labute approximate surface area is 193 Å². The van der Waals surface area contributed by atoms with Crippen molar-refractivity contribution in [2.75, 3.05) is 20.3 Å². The van der Waals surface area contributed by atoms with Crippen molar-refractivity contribution in [2.24, 2.45) is 0 Å². The highest BCUT2D eigenvalue weighted by Gasteiger charge is 2.29. The van der Waals surface area contributed by atoms with E-state index in [2.05, 4.69) is 30.4 Å². The zero-order chi connectivity index (χ0) is 23.8. The number of hydrogen-bond donors (Lipinski definition) is 0. The number of ether oxygens (including phenoxy) is 3. The number of benzene rings is 2. The van der Waals surface area contributed by atoms with E-state index < -0.39 is 24.7 Å². The van der Waals surface area contributed by atoms with Crippen LogP contribution >= 0.6 is 0 Å². The highest BCUT2D eigenvalue weighted by molar-refractivity contribution is 5.84. The molecule has 0 heterocycles. The lowest BCUT2D eigenvalue weighted by Gasteiger charge is -2.17. The van der Waals surface area contributed by atoms with Crippen LogP contribution in [0.3, 0.4) is 0 Å². The quantitative estimate of drug-likeness (QED) is 0.306. The number of rotatable bonds is 10. The molecule has 0 bridgehead atoms. The first-order valence-corrected chi connectivity index (χ1v) is 11.1. The molecule has 1 aliphatic carbocycles. The zero-order valence-electron chi connectivity index (χ0n) is 19.2. The highest BCUT2D eigenvalue weighted by atomic mass is 19.3. The standard InChI is InChI=1S/C27H30F2O4/c1-4-26(30)33-15-13-27(28,29)12-14-32-24-9-8-21-17-22(7-5-6-20(21)18-24)25-11-10-23(31-3)16-19(25)2/h4,8-11,16-18H,1,5-7,12-15H2,2-3H3. The van der Waals surface area contributed by atoms with E-state index >= 15 is 0 Å². The van der Waals surface area contributed by atoms with Crippen LogP contribution in [0.1, 0.15) is 47.9 Å². The lowest BCUT2D eigenvalue weighted by molar-refractivity contribution is -0.140. The fourth-order valence-electron chi connectivity index (χ4n) is 3.90. The number of aryl methyl sites for hydroxylation is 2. The molecule has 0 unspecified atom stereocenters. The fraction of sp³-hybridized carbons (Fsp3) is 0.370. The lowest BCUT2D eigenvalue weighted by atomic mass is 9.96. The van der Waals surface area contributed by atoms with Gasteiger partial charge in [-0.3, -0.25) is 0 Å². The molecule has 6 heteroatoms. The van der Waals surface area contributed by atoms with E-state index in [1.807, 2.05) is 30.3 Å². The third-order valence-corrected chi connectivity index (χ3v) is 5.73. The van der Waals surface area contributed by atoms with Crippen LogP contribution in [0.4, 0.5) is 8.78 Å². The predicted octanol–water partition coefficient (Wildman–Crippen LogP) is 6.40. The summed E-state index contributed by atoms with van der Waals surface area (Å²) in [7, 11) is 1.66. The number of fused-ring (bicyclic) bond motifs is 1. The average molecular weight is 457 g/mol. The Morgan fingerprint density at radius 2 is 1.85 bits per heavy atom. The van der Waals surface area contributed by atoms with Crippen LogP contribution in [0, 0.1) is 6.92 Å². The third-order valence-electron chi connectivity index (χ3n) is 5.73. The molecule has 0 amide bonds. The summed E-state index contributed by atoms with van der Waals surface area (Å²) in [6.45, 7) is 4.85. The molecule has 2 aromatic carbocycles. The van der Waals surface area contributed by atoms with Crippen LogP contribution in [0.5, 0.6) is 11.5 Å². The molecule has 0 saturated heterocycles. The van der Waals surface area contributed by atoms with E-state index in [4.69, 9.17) is 9.47 Å². The van der Waals surface area contributed by atoms with Crippen LogP contribution in [0.15, 0.2) is 49.1 Å². The van der Waals surface area contributed by atoms with Crippen molar-refractivity contribution in [3.63, 3.8) is 0 Å². The van der Waals surface area contributed by atoms with Gasteiger partial charge in [-0.25, -0.2) is 13.6 Å². The van der Waals surface area contributed by atoms with Gasteiger partial charge in [-0.2, -0.15) is 0 Å². The molecule has 0 N–H and O–H groups in total. The van der Waals surface area contributed by atoms with Gasteiger partial charge >= 0.3 is 5.97 Å². The van der Waals surface area contributed by atoms with Crippen molar-refractivity contribution in [3.05, 3.63) is 71.3 Å². The molecule has 0 aromatic heterocycles. The zero-order valence-corrected chi connectivity index (χ0v) is 19.2. The molecular weight excluding hydrogens is 426 g/mol. The third kappa shape index (κ3) is 6.91. The molecule has 0 spiro atoms. The van der Waals surface area contributed by atoms with Crippen LogP contribution in [-0.2, 0) is 16.0 Å². The maximum atomic E-state index is 14.0. The second kappa shape index (κ2) is 11.1. The summed E-state index contributed by atoms with van der Waals surface area (Å²) in [6, 6.07) is 11.9. The second-order valence-electron chi connectivity index (χ2n) is 8.14. The van der Waals surface area contributed by atoms with Gasteiger partial charge in [0.2, 0.25) is 0 Å². The second-order valence-corrected chi connectivity index (χ2v) is 8.14. The normalized spacial score (nSPS) is 13.4. The average Bonchev–Trinajstić information content (AvgIpc) is 3.00. The van der Waals surface area contributed by atoms with Gasteiger partial charge in [0.25, 0.3) is 5.92 Å². The lowest BCUT2D eigenvalue weighted by Crippen LogP contribution is -2.22. The Kier molecular flexibility index (Phi) is 8.26.